The number of hydrogen-bond acceptors (Lipinski definition) is 1. The molecular formula is C12H24O2Sn. The Bertz CT molecular complexity index is 149. The Morgan fingerprint density at radius 1 is 1.20 bits per heavy atom. The molecule has 88 valence electrons. The van der Waals surface area contributed by atoms with Gasteiger partial charge in [0.25, 0.3) is 0 Å². The molecule has 0 rings (SSSR count). The Kier molecular flexibility index (Phi) is 16.3. The third kappa shape index (κ3) is 20.2. The molecule has 0 aromatic carbocycles. The van der Waals surface area contributed by atoms with Crippen LogP contribution in [0.4, 0.5) is 0 Å². The van der Waals surface area contributed by atoms with Crippen LogP contribution in [0.3, 0.4) is 0 Å². The number of aliphatic carboxylic acids is 1. The minimum atomic E-state index is -0.935. The summed E-state index contributed by atoms with van der Waals surface area (Å²) in [6.45, 7) is 9.18. The van der Waals surface area contributed by atoms with Crippen LogP contribution in [0.2, 0.25) is 8.87 Å². The molecule has 0 heterocycles. The van der Waals surface area contributed by atoms with E-state index in [1.54, 1.807) is 8.87 Å². The van der Waals surface area contributed by atoms with Crippen LogP contribution in [0.5, 0.6) is 0 Å². The van der Waals surface area contributed by atoms with Gasteiger partial charge in [0.05, 0.1) is 0 Å². The average Bonchev–Trinajstić information content (AvgIpc) is 2.18. The molecule has 0 fully saturated rings. The van der Waals surface area contributed by atoms with E-state index in [9.17, 15) is 4.79 Å². The molecule has 0 aliphatic heterocycles. The zero-order chi connectivity index (χ0) is 12.1. The fraction of sp³-hybridized carbons (Fsp3) is 0.750. The van der Waals surface area contributed by atoms with Gasteiger partial charge >= 0.3 is 75.5 Å². The van der Waals surface area contributed by atoms with E-state index in [0.717, 1.165) is 0 Å². The number of carboxylic acid groups (broad SMARTS) is 1. The first-order valence-electron chi connectivity index (χ1n) is 5.65. The van der Waals surface area contributed by atoms with E-state index in [4.69, 9.17) is 5.11 Å². The van der Waals surface area contributed by atoms with Crippen LogP contribution in [0.1, 0.15) is 46.5 Å². The van der Waals surface area contributed by atoms with E-state index in [1.165, 1.54) is 32.6 Å². The average molecular weight is 319 g/mol. The Balaban J connectivity index is 0. The summed E-state index contributed by atoms with van der Waals surface area (Å²) in [5, 5.41) is 7.89. The first-order chi connectivity index (χ1) is 7.06. The summed E-state index contributed by atoms with van der Waals surface area (Å²) in [5.74, 6) is -0.935. The van der Waals surface area contributed by atoms with Gasteiger partial charge in [0.1, 0.15) is 0 Å². The second-order valence-electron chi connectivity index (χ2n) is 3.54. The van der Waals surface area contributed by atoms with Crippen LogP contribution in [-0.4, -0.2) is 32.2 Å². The van der Waals surface area contributed by atoms with Crippen molar-refractivity contribution in [2.24, 2.45) is 0 Å². The molecule has 0 saturated carbocycles. The van der Waals surface area contributed by atoms with Gasteiger partial charge in [-0.15, -0.1) is 0 Å². The normalized spacial score (nSPS) is 9.00. The third-order valence-corrected chi connectivity index (χ3v) is 5.82. The van der Waals surface area contributed by atoms with Gasteiger partial charge in [0, 0.05) is 5.57 Å². The number of rotatable bonds is 7. The monoisotopic (exact) mass is 320 g/mol. The molecule has 2 nitrogen and oxygen atoms in total. The molecule has 0 saturated heterocycles. The number of carbonyl (C=O) groups is 1. The standard InChI is InChI=1S/C4H6O2.2C4H9.Sn/c1-3(2)4(5)6;2*1-3-4-2;/h1H2,2H3,(H,5,6);2*1,3-4H2,2H3;. The van der Waals surface area contributed by atoms with Gasteiger partial charge in [0.15, 0.2) is 0 Å². The molecule has 0 atom stereocenters. The summed E-state index contributed by atoms with van der Waals surface area (Å²) in [6.07, 6.45) is 5.84. The van der Waals surface area contributed by atoms with Crippen LogP contribution in [0.25, 0.3) is 0 Å². The van der Waals surface area contributed by atoms with Crippen molar-refractivity contribution in [1.29, 1.82) is 0 Å². The van der Waals surface area contributed by atoms with E-state index in [0.29, 0.717) is 0 Å². The zero-order valence-corrected chi connectivity index (χ0v) is 13.2. The molecule has 0 spiro atoms. The SMILES string of the molecule is C=C(C)C(=O)O.CCC[CH2][Sn][CH2]CCC. The Morgan fingerprint density at radius 2 is 1.53 bits per heavy atom. The first-order valence-corrected chi connectivity index (χ1v) is 9.69. The summed E-state index contributed by atoms with van der Waals surface area (Å²) in [5.41, 5.74) is 0.176. The van der Waals surface area contributed by atoms with Crippen LogP contribution in [-0.2, 0) is 4.79 Å². The molecule has 0 aliphatic carbocycles. The minimum absolute atomic E-state index is 0.149. The summed E-state index contributed by atoms with van der Waals surface area (Å²) in [6, 6.07) is 0. The van der Waals surface area contributed by atoms with E-state index in [-0.39, 0.29) is 26.7 Å². The molecular weight excluding hydrogens is 295 g/mol. The van der Waals surface area contributed by atoms with E-state index in [1.807, 2.05) is 0 Å². The van der Waals surface area contributed by atoms with Gasteiger partial charge in [-0.1, -0.05) is 6.58 Å². The van der Waals surface area contributed by atoms with Crippen LogP contribution >= 0.6 is 0 Å². The Hall–Kier alpha value is 0.00870. The molecule has 3 heteroatoms. The van der Waals surface area contributed by atoms with E-state index >= 15 is 0 Å². The van der Waals surface area contributed by atoms with E-state index < -0.39 is 5.97 Å². The third-order valence-electron chi connectivity index (χ3n) is 1.78. The van der Waals surface area contributed by atoms with Crippen molar-refractivity contribution in [3.8, 4) is 0 Å². The van der Waals surface area contributed by atoms with Crippen molar-refractivity contribution in [3.05, 3.63) is 12.2 Å². The fourth-order valence-electron chi connectivity index (χ4n) is 0.729. The first kappa shape index (κ1) is 17.4. The van der Waals surface area contributed by atoms with Crippen molar-refractivity contribution >= 4 is 27.1 Å². The predicted octanol–water partition coefficient (Wildman–Crippen LogP) is 3.77. The maximum absolute atomic E-state index is 9.60. The van der Waals surface area contributed by atoms with Crippen molar-refractivity contribution in [1.82, 2.24) is 0 Å². The second kappa shape index (κ2) is 14.0. The Labute approximate surface area is 104 Å². The van der Waals surface area contributed by atoms with Crippen molar-refractivity contribution in [2.75, 3.05) is 0 Å². The topological polar surface area (TPSA) is 37.3 Å². The summed E-state index contributed by atoms with van der Waals surface area (Å²) >= 11 is 0.149. The summed E-state index contributed by atoms with van der Waals surface area (Å²) in [4.78, 5) is 9.60. The number of unbranched alkanes of at least 4 members (excludes halogenated alkanes) is 2. The van der Waals surface area contributed by atoms with Gasteiger partial charge < -0.3 is 5.11 Å². The second-order valence-corrected chi connectivity index (χ2v) is 7.82. The summed E-state index contributed by atoms with van der Waals surface area (Å²) in [7, 11) is 0. The van der Waals surface area contributed by atoms with E-state index in [2.05, 4.69) is 20.4 Å². The van der Waals surface area contributed by atoms with Gasteiger partial charge in [-0.05, 0) is 6.92 Å². The maximum atomic E-state index is 9.60. The van der Waals surface area contributed by atoms with Crippen LogP contribution < -0.4 is 0 Å². The molecule has 0 aliphatic rings. The van der Waals surface area contributed by atoms with Gasteiger partial charge in [-0.25, -0.2) is 4.79 Å². The zero-order valence-electron chi connectivity index (χ0n) is 10.3. The molecule has 15 heavy (non-hydrogen) atoms. The Morgan fingerprint density at radius 3 is 1.73 bits per heavy atom. The van der Waals surface area contributed by atoms with Crippen molar-refractivity contribution < 1.29 is 9.90 Å². The molecule has 0 bridgehead atoms. The van der Waals surface area contributed by atoms with Crippen LogP contribution in [0.15, 0.2) is 12.2 Å². The predicted molar refractivity (Wildman–Crippen MR) is 67.6 cm³/mol. The molecule has 1 N–H and O–H groups in total. The molecule has 0 aromatic heterocycles. The summed E-state index contributed by atoms with van der Waals surface area (Å²) < 4.78 is 3.25. The van der Waals surface area contributed by atoms with Crippen molar-refractivity contribution in [2.45, 2.75) is 55.3 Å². The van der Waals surface area contributed by atoms with Gasteiger partial charge in [-0.2, -0.15) is 0 Å². The quantitative estimate of drug-likeness (QED) is 0.441. The van der Waals surface area contributed by atoms with Gasteiger partial charge in [-0.3, -0.25) is 0 Å². The number of hydrogen-bond donors (Lipinski definition) is 1. The molecule has 0 aromatic rings. The molecule has 2 radical (unpaired) electrons. The number of carboxylic acids is 1. The van der Waals surface area contributed by atoms with Crippen molar-refractivity contribution in [3.63, 3.8) is 0 Å². The molecule has 0 amide bonds. The fourth-order valence-corrected chi connectivity index (χ4v) is 4.89. The van der Waals surface area contributed by atoms with Crippen LogP contribution in [0, 0.1) is 0 Å². The van der Waals surface area contributed by atoms with Gasteiger partial charge in [0.2, 0.25) is 0 Å². The molecule has 0 unspecified atom stereocenters.